The number of aliphatic hydroxyl groups excluding tert-OH is 2. The Morgan fingerprint density at radius 3 is 1.29 bits per heavy atom. The summed E-state index contributed by atoms with van der Waals surface area (Å²) in [6.07, 6.45) is -12.7. The first-order chi connectivity index (χ1) is 25.2. The lowest BCUT2D eigenvalue weighted by molar-refractivity contribution is -0.461. The molecule has 0 fully saturated rings. The van der Waals surface area contributed by atoms with E-state index in [1.807, 2.05) is 0 Å². The molecule has 2 rings (SSSR count). The lowest BCUT2D eigenvalue weighted by Gasteiger charge is -2.42. The number of thioether (sulfide) groups is 1. The van der Waals surface area contributed by atoms with Crippen molar-refractivity contribution in [2.45, 2.75) is 92.9 Å². The van der Waals surface area contributed by atoms with E-state index in [2.05, 4.69) is 0 Å². The molecule has 0 aromatic heterocycles. The van der Waals surface area contributed by atoms with Crippen molar-refractivity contribution in [3.63, 3.8) is 0 Å². The summed E-state index contributed by atoms with van der Waals surface area (Å²) in [5.41, 5.74) is 0. The van der Waals surface area contributed by atoms with Crippen molar-refractivity contribution in [3.8, 4) is 0 Å². The van der Waals surface area contributed by atoms with Gasteiger partial charge in [0.1, 0.15) is 0 Å². The molecule has 2 aromatic rings. The summed E-state index contributed by atoms with van der Waals surface area (Å²) < 4.78 is 285. The summed E-state index contributed by atoms with van der Waals surface area (Å²) in [6.45, 7) is -1.98. The van der Waals surface area contributed by atoms with Gasteiger partial charge in [0.15, 0.2) is 24.3 Å². The van der Waals surface area contributed by atoms with E-state index >= 15 is 0 Å². The molecule has 0 unspecified atom stereocenters. The van der Waals surface area contributed by atoms with Gasteiger partial charge in [-0.1, -0.05) is 36.4 Å². The third kappa shape index (κ3) is 8.87. The fourth-order valence-corrected chi connectivity index (χ4v) is 11.1. The highest BCUT2D eigenvalue weighted by Crippen LogP contribution is 2.64. The number of hydrogen-bond donors (Lipinski definition) is 2. The van der Waals surface area contributed by atoms with Gasteiger partial charge in [0.05, 0.1) is 9.79 Å². The lowest BCUT2D eigenvalue weighted by atomic mass is 9.88. The molecule has 0 aliphatic heterocycles. The van der Waals surface area contributed by atoms with E-state index in [1.54, 1.807) is 0 Å². The van der Waals surface area contributed by atoms with Crippen molar-refractivity contribution in [3.05, 3.63) is 60.7 Å². The Balaban J connectivity index is 2.51. The molecular formula is C30H29F17O6S3. The van der Waals surface area contributed by atoms with E-state index in [0.29, 0.717) is 0 Å². The zero-order valence-electron chi connectivity index (χ0n) is 27.6. The molecule has 0 heterocycles. The van der Waals surface area contributed by atoms with E-state index in [9.17, 15) is 102 Å². The van der Waals surface area contributed by atoms with Gasteiger partial charge in [0.25, 0.3) is 0 Å². The molecule has 0 spiro atoms. The van der Waals surface area contributed by atoms with Crippen LogP contribution >= 0.6 is 11.8 Å². The van der Waals surface area contributed by atoms with Gasteiger partial charge in [-0.2, -0.15) is 86.4 Å². The lowest BCUT2D eigenvalue weighted by Crippen LogP contribution is -2.74. The van der Waals surface area contributed by atoms with Crippen LogP contribution in [0.4, 0.5) is 74.6 Å². The van der Waals surface area contributed by atoms with E-state index in [0.717, 1.165) is 24.3 Å². The molecule has 322 valence electrons. The van der Waals surface area contributed by atoms with Crippen LogP contribution in [0.2, 0.25) is 0 Å². The first-order valence-corrected chi connectivity index (χ1v) is 19.4. The Hall–Kier alpha value is -2.58. The van der Waals surface area contributed by atoms with E-state index in [4.69, 9.17) is 0 Å². The SMILES string of the molecule is O=S(=O)(c1ccccc1)C(C[C@@H](CO)[C@H](CCCO)SCCC(F)(F)C(F)(F)C(F)(F)C(F)(F)C(F)(F)C(F)(F)C(F)(F)C(F)(F)F)S(=O)(=O)c1ccccc1. The molecule has 0 amide bonds. The second kappa shape index (κ2) is 17.0. The largest absolute Gasteiger partial charge is 0.460 e. The van der Waals surface area contributed by atoms with Gasteiger partial charge in [-0.15, -0.1) is 0 Å². The Labute approximate surface area is 311 Å². The van der Waals surface area contributed by atoms with E-state index < -0.39 is 137 Å². The topological polar surface area (TPSA) is 109 Å². The molecular weight excluding hydrogens is 875 g/mol. The molecule has 2 atom stereocenters. The molecule has 0 aliphatic carbocycles. The maximum Gasteiger partial charge on any atom is 0.460 e. The summed E-state index contributed by atoms with van der Waals surface area (Å²) in [6, 6.07) is 11.4. The van der Waals surface area contributed by atoms with Crippen LogP contribution in [0.1, 0.15) is 25.7 Å². The molecule has 2 N–H and O–H groups in total. The van der Waals surface area contributed by atoms with E-state index in [-0.39, 0.29) is 11.8 Å². The molecule has 0 bridgehead atoms. The second-order valence-corrected chi connectivity index (χ2v) is 17.9. The number of benzene rings is 2. The molecule has 0 radical (unpaired) electrons. The number of alkyl halides is 17. The summed E-state index contributed by atoms with van der Waals surface area (Å²) >= 11 is -0.0728. The molecule has 2 aromatic carbocycles. The van der Waals surface area contributed by atoms with Gasteiger partial charge in [0.2, 0.25) is 0 Å². The van der Waals surface area contributed by atoms with Crippen molar-refractivity contribution in [1.82, 2.24) is 0 Å². The molecule has 56 heavy (non-hydrogen) atoms. The predicted octanol–water partition coefficient (Wildman–Crippen LogP) is 8.53. The Morgan fingerprint density at radius 2 is 0.929 bits per heavy atom. The highest BCUT2D eigenvalue weighted by Gasteiger charge is 2.95. The maximum atomic E-state index is 14.6. The van der Waals surface area contributed by atoms with Crippen LogP contribution in [-0.2, 0) is 19.7 Å². The molecule has 6 nitrogen and oxygen atoms in total. The minimum absolute atomic E-state index is 0.0728. The van der Waals surface area contributed by atoms with Gasteiger partial charge >= 0.3 is 47.6 Å². The van der Waals surface area contributed by atoms with Crippen molar-refractivity contribution in [2.75, 3.05) is 19.0 Å². The van der Waals surface area contributed by atoms with Crippen LogP contribution in [0.25, 0.3) is 0 Å². The van der Waals surface area contributed by atoms with Crippen LogP contribution in [0.5, 0.6) is 0 Å². The van der Waals surface area contributed by atoms with Crippen LogP contribution < -0.4 is 0 Å². The number of sulfone groups is 2. The fourth-order valence-electron chi connectivity index (χ4n) is 4.97. The monoisotopic (exact) mass is 904 g/mol. The number of aliphatic hydroxyl groups is 2. The normalized spacial score (nSPS) is 15.9. The van der Waals surface area contributed by atoms with Crippen LogP contribution in [0, 0.1) is 5.92 Å². The Morgan fingerprint density at radius 1 is 0.554 bits per heavy atom. The van der Waals surface area contributed by atoms with Gasteiger partial charge in [0, 0.05) is 24.9 Å². The first-order valence-electron chi connectivity index (χ1n) is 15.3. The highest BCUT2D eigenvalue weighted by molar-refractivity contribution is 8.09. The van der Waals surface area contributed by atoms with Gasteiger partial charge in [-0.25, -0.2) is 16.8 Å². The minimum atomic E-state index is -8.78. The Kier molecular flexibility index (Phi) is 15.0. The molecule has 0 aliphatic rings. The minimum Gasteiger partial charge on any atom is -0.396 e. The van der Waals surface area contributed by atoms with Gasteiger partial charge in [-0.05, 0) is 55.2 Å². The zero-order valence-corrected chi connectivity index (χ0v) is 30.1. The average molecular weight is 905 g/mol. The Bertz CT molecular complexity index is 1740. The smallest absolute Gasteiger partial charge is 0.396 e. The number of halogens is 17. The van der Waals surface area contributed by atoms with Crippen molar-refractivity contribution in [1.29, 1.82) is 0 Å². The number of hydrogen-bond acceptors (Lipinski definition) is 7. The molecule has 26 heteroatoms. The van der Waals surface area contributed by atoms with Crippen molar-refractivity contribution >= 4 is 31.4 Å². The van der Waals surface area contributed by atoms with Gasteiger partial charge < -0.3 is 10.2 Å². The molecule has 0 saturated carbocycles. The zero-order chi connectivity index (χ0) is 43.6. The third-order valence-corrected chi connectivity index (χ3v) is 14.9. The second-order valence-electron chi connectivity index (χ2n) is 12.0. The van der Waals surface area contributed by atoms with Crippen LogP contribution in [0.3, 0.4) is 0 Å². The quantitative estimate of drug-likeness (QED) is 0.121. The first kappa shape index (κ1) is 49.6. The summed E-state index contributed by atoms with van der Waals surface area (Å²) in [5.74, 6) is -60.9. The van der Waals surface area contributed by atoms with Crippen molar-refractivity contribution in [2.24, 2.45) is 5.92 Å². The standard InChI is InChI=1S/C30H29F17O6S3/c31-23(32,24(33,34)25(35,36)26(37,38)27(39,40)28(41,42)29(43,44)30(45,46)47)13-15-54-21(12-7-14-48)18(17-49)16-22(55(50,51)19-8-3-1-4-9-19)56(52,53)20-10-5-2-6-11-20/h1-6,8-11,18,21-22,48-49H,7,12-17H2/t18-,21-/m0/s1. The summed E-state index contributed by atoms with van der Waals surface area (Å²) in [7, 11) is -9.91. The molecule has 0 saturated heterocycles. The maximum absolute atomic E-state index is 14.6. The van der Waals surface area contributed by atoms with E-state index in [1.165, 1.54) is 36.4 Å². The van der Waals surface area contributed by atoms with Gasteiger partial charge in [-0.3, -0.25) is 0 Å². The third-order valence-electron chi connectivity index (χ3n) is 8.27. The van der Waals surface area contributed by atoms with Crippen molar-refractivity contribution < 1.29 is 102 Å². The highest BCUT2D eigenvalue weighted by atomic mass is 32.3. The van der Waals surface area contributed by atoms with Crippen LogP contribution in [0.15, 0.2) is 70.5 Å². The average Bonchev–Trinajstić information content (AvgIpc) is 3.09. The predicted molar refractivity (Wildman–Crippen MR) is 164 cm³/mol. The summed E-state index contributed by atoms with van der Waals surface area (Å²) in [4.78, 5) is -1.16. The summed E-state index contributed by atoms with van der Waals surface area (Å²) in [5, 5.41) is 17.9. The van der Waals surface area contributed by atoms with Crippen LogP contribution in [-0.4, -0.2) is 103 Å². The fraction of sp³-hybridized carbons (Fsp3) is 0.600. The number of rotatable bonds is 21.